The third kappa shape index (κ3) is 2.27. The molecule has 0 aliphatic carbocycles. The lowest BCUT2D eigenvalue weighted by Gasteiger charge is -2.09. The van der Waals surface area contributed by atoms with Gasteiger partial charge in [0.2, 0.25) is 0 Å². The molecule has 19 heavy (non-hydrogen) atoms. The van der Waals surface area contributed by atoms with E-state index < -0.39 is 0 Å². The van der Waals surface area contributed by atoms with Crippen molar-refractivity contribution in [3.05, 3.63) is 65.2 Å². The van der Waals surface area contributed by atoms with Crippen molar-refractivity contribution in [1.82, 2.24) is 5.48 Å². The van der Waals surface area contributed by atoms with Gasteiger partial charge in [0.1, 0.15) is 5.84 Å². The number of hydrogen-bond donors (Lipinski definition) is 1. The molecule has 0 spiro atoms. The molecule has 0 amide bonds. The van der Waals surface area contributed by atoms with Crippen molar-refractivity contribution in [3.8, 4) is 0 Å². The van der Waals surface area contributed by atoms with Crippen molar-refractivity contribution in [1.29, 1.82) is 0 Å². The van der Waals surface area contributed by atoms with Crippen LogP contribution >= 0.6 is 0 Å². The average molecular weight is 250 g/mol. The van der Waals surface area contributed by atoms with E-state index in [2.05, 4.69) is 42.4 Å². The van der Waals surface area contributed by atoms with Gasteiger partial charge in [-0.1, -0.05) is 59.7 Å². The van der Waals surface area contributed by atoms with Gasteiger partial charge in [0.25, 0.3) is 0 Å². The standard InChI is InChI=1S/C15H15BN2O/c1-11-7-6-8-12(2)14(11)16-17-15(18-19-16)13-9-4-3-5-10-13/h3-10H,1-2H3,(H,17,18). The first-order chi connectivity index (χ1) is 9.25. The highest BCUT2D eigenvalue weighted by molar-refractivity contribution is 6.69. The summed E-state index contributed by atoms with van der Waals surface area (Å²) in [5.74, 6) is 0.785. The van der Waals surface area contributed by atoms with Gasteiger partial charge in [0.05, 0.1) is 0 Å². The summed E-state index contributed by atoms with van der Waals surface area (Å²) in [7, 11) is -0.267. The summed E-state index contributed by atoms with van der Waals surface area (Å²) in [4.78, 5) is 4.63. The highest BCUT2D eigenvalue weighted by Gasteiger charge is 2.29. The summed E-state index contributed by atoms with van der Waals surface area (Å²) in [5, 5.41) is 0. The first-order valence-corrected chi connectivity index (χ1v) is 6.37. The maximum absolute atomic E-state index is 5.61. The van der Waals surface area contributed by atoms with Crippen LogP contribution in [0, 0.1) is 13.8 Å². The number of benzene rings is 2. The van der Waals surface area contributed by atoms with Crippen LogP contribution < -0.4 is 10.9 Å². The van der Waals surface area contributed by atoms with Gasteiger partial charge in [-0.15, -0.1) is 0 Å². The molecule has 0 radical (unpaired) electrons. The van der Waals surface area contributed by atoms with E-state index in [-0.39, 0.29) is 7.05 Å². The maximum atomic E-state index is 5.61. The SMILES string of the molecule is Cc1cccc(C)c1B1N=C(c2ccccc2)NO1. The summed E-state index contributed by atoms with van der Waals surface area (Å²) in [6, 6.07) is 16.2. The van der Waals surface area contributed by atoms with Crippen LogP contribution in [0.3, 0.4) is 0 Å². The molecule has 0 saturated carbocycles. The first-order valence-electron chi connectivity index (χ1n) is 6.37. The fourth-order valence-electron chi connectivity index (χ4n) is 2.35. The molecular formula is C15H15BN2O. The van der Waals surface area contributed by atoms with E-state index in [1.165, 1.54) is 11.1 Å². The number of hydrogen-bond acceptors (Lipinski definition) is 3. The molecule has 94 valence electrons. The molecule has 1 aliphatic rings. The summed E-state index contributed by atoms with van der Waals surface area (Å²) in [5.41, 5.74) is 7.50. The molecule has 1 N–H and O–H groups in total. The molecule has 2 aromatic carbocycles. The largest absolute Gasteiger partial charge is 0.497 e. The predicted octanol–water partition coefficient (Wildman–Crippen LogP) is 1.98. The number of aryl methyl sites for hydroxylation is 2. The van der Waals surface area contributed by atoms with Gasteiger partial charge >= 0.3 is 7.05 Å². The van der Waals surface area contributed by atoms with E-state index in [0.29, 0.717) is 0 Å². The lowest BCUT2D eigenvalue weighted by Crippen LogP contribution is -2.35. The minimum absolute atomic E-state index is 0.267. The van der Waals surface area contributed by atoms with Gasteiger partial charge in [-0.05, 0) is 19.3 Å². The second kappa shape index (κ2) is 4.90. The Morgan fingerprint density at radius 3 is 2.32 bits per heavy atom. The second-order valence-electron chi connectivity index (χ2n) is 4.72. The van der Waals surface area contributed by atoms with E-state index in [1.54, 1.807) is 0 Å². The van der Waals surface area contributed by atoms with Gasteiger partial charge in [-0.3, -0.25) is 15.1 Å². The Hall–Kier alpha value is -2.07. The third-order valence-corrected chi connectivity index (χ3v) is 3.35. The Morgan fingerprint density at radius 2 is 1.63 bits per heavy atom. The van der Waals surface area contributed by atoms with Crippen molar-refractivity contribution in [3.63, 3.8) is 0 Å². The van der Waals surface area contributed by atoms with Gasteiger partial charge in [0.15, 0.2) is 0 Å². The molecule has 0 aromatic heterocycles. The van der Waals surface area contributed by atoms with Crippen LogP contribution in [0.2, 0.25) is 0 Å². The molecule has 3 rings (SSSR count). The van der Waals surface area contributed by atoms with Crippen molar-refractivity contribution < 1.29 is 4.76 Å². The summed E-state index contributed by atoms with van der Waals surface area (Å²) in [6.07, 6.45) is 0. The molecule has 4 heteroatoms. The topological polar surface area (TPSA) is 33.6 Å². The summed E-state index contributed by atoms with van der Waals surface area (Å²) in [6.45, 7) is 4.17. The van der Waals surface area contributed by atoms with Gasteiger partial charge in [-0.25, -0.2) is 0 Å². The molecular weight excluding hydrogens is 235 g/mol. The van der Waals surface area contributed by atoms with E-state index in [1.807, 2.05) is 30.3 Å². The fourth-order valence-corrected chi connectivity index (χ4v) is 2.35. The van der Waals surface area contributed by atoms with Crippen LogP contribution in [0.5, 0.6) is 0 Å². The fraction of sp³-hybridized carbons (Fsp3) is 0.133. The Kier molecular flexibility index (Phi) is 3.09. The maximum Gasteiger partial charge on any atom is 0.497 e. The van der Waals surface area contributed by atoms with E-state index in [4.69, 9.17) is 4.76 Å². The molecule has 0 saturated heterocycles. The number of nitrogens with one attached hydrogen (secondary N) is 1. The monoisotopic (exact) mass is 250 g/mol. The molecule has 0 atom stereocenters. The van der Waals surface area contributed by atoms with E-state index in [9.17, 15) is 0 Å². The van der Waals surface area contributed by atoms with Crippen LogP contribution in [-0.2, 0) is 4.76 Å². The van der Waals surface area contributed by atoms with Crippen LogP contribution in [0.1, 0.15) is 16.7 Å². The van der Waals surface area contributed by atoms with E-state index in [0.717, 1.165) is 16.9 Å². The van der Waals surface area contributed by atoms with E-state index >= 15 is 0 Å². The first kappa shape index (κ1) is 12.0. The molecule has 0 fully saturated rings. The normalized spacial score (nSPS) is 14.2. The quantitative estimate of drug-likeness (QED) is 0.827. The number of nitrogens with zero attached hydrogens (tertiary/aromatic N) is 1. The molecule has 1 aliphatic heterocycles. The summed E-state index contributed by atoms with van der Waals surface area (Å²) < 4.78 is 5.61. The second-order valence-corrected chi connectivity index (χ2v) is 4.72. The smallest absolute Gasteiger partial charge is 0.300 e. The van der Waals surface area contributed by atoms with Gasteiger partial charge in [0, 0.05) is 5.56 Å². The zero-order valence-corrected chi connectivity index (χ0v) is 11.1. The van der Waals surface area contributed by atoms with Crippen molar-refractivity contribution in [2.24, 2.45) is 4.90 Å². The molecule has 0 bridgehead atoms. The highest BCUT2D eigenvalue weighted by Crippen LogP contribution is 2.10. The van der Waals surface area contributed by atoms with Crippen LogP contribution in [0.15, 0.2) is 53.4 Å². The Balaban J connectivity index is 1.95. The molecule has 3 nitrogen and oxygen atoms in total. The number of hydroxylamine groups is 1. The molecule has 1 heterocycles. The van der Waals surface area contributed by atoms with Crippen LogP contribution in [-0.4, -0.2) is 12.9 Å². The minimum Gasteiger partial charge on any atom is -0.300 e. The zero-order chi connectivity index (χ0) is 13.2. The van der Waals surface area contributed by atoms with Crippen molar-refractivity contribution in [2.45, 2.75) is 13.8 Å². The lowest BCUT2D eigenvalue weighted by atomic mass is 9.70. The zero-order valence-electron chi connectivity index (χ0n) is 11.1. The highest BCUT2D eigenvalue weighted by atomic mass is 16.6. The molecule has 2 aromatic rings. The third-order valence-electron chi connectivity index (χ3n) is 3.35. The Bertz CT molecular complexity index is 605. The van der Waals surface area contributed by atoms with Crippen LogP contribution in [0.25, 0.3) is 0 Å². The number of amidine groups is 1. The van der Waals surface area contributed by atoms with Crippen molar-refractivity contribution in [2.75, 3.05) is 0 Å². The minimum atomic E-state index is -0.267. The number of rotatable bonds is 2. The lowest BCUT2D eigenvalue weighted by molar-refractivity contribution is 0.284. The van der Waals surface area contributed by atoms with Crippen molar-refractivity contribution >= 4 is 18.3 Å². The molecule has 0 unspecified atom stereocenters. The predicted molar refractivity (Wildman–Crippen MR) is 78.5 cm³/mol. The van der Waals surface area contributed by atoms with Crippen LogP contribution in [0.4, 0.5) is 0 Å². The van der Waals surface area contributed by atoms with Gasteiger partial charge in [-0.2, -0.15) is 0 Å². The Labute approximate surface area is 113 Å². The average Bonchev–Trinajstić information content (AvgIpc) is 2.89. The summed E-state index contributed by atoms with van der Waals surface area (Å²) >= 11 is 0. The Morgan fingerprint density at radius 1 is 0.947 bits per heavy atom. The van der Waals surface area contributed by atoms with Gasteiger partial charge < -0.3 is 0 Å².